The number of hydrogen-bond donors (Lipinski definition) is 2. The van der Waals surface area contributed by atoms with Crippen molar-refractivity contribution in [3.63, 3.8) is 0 Å². The predicted molar refractivity (Wildman–Crippen MR) is 49.0 cm³/mol. The number of nitrogens with two attached hydrogens (primary N) is 1. The standard InChI is InChI=1S/C9H8N2O2/c10-7-3-4-8(12)9-6(7)2-1-5-11(9)13/h1-5,12H,10H2. The number of fused-ring (bicyclic) bond motifs is 1. The summed E-state index contributed by atoms with van der Waals surface area (Å²) in [5.41, 5.74) is 6.33. The maximum Gasteiger partial charge on any atom is 0.267 e. The van der Waals surface area contributed by atoms with Gasteiger partial charge in [-0.25, -0.2) is 0 Å². The Balaban J connectivity index is 3.00. The number of anilines is 1. The van der Waals surface area contributed by atoms with E-state index in [0.29, 0.717) is 15.8 Å². The molecule has 0 saturated heterocycles. The molecule has 0 radical (unpaired) electrons. The third-order valence-electron chi connectivity index (χ3n) is 1.93. The van der Waals surface area contributed by atoms with Gasteiger partial charge in [-0.15, -0.1) is 0 Å². The molecule has 2 rings (SSSR count). The third-order valence-corrected chi connectivity index (χ3v) is 1.93. The third kappa shape index (κ3) is 1.03. The van der Waals surface area contributed by atoms with E-state index < -0.39 is 0 Å². The van der Waals surface area contributed by atoms with Crippen LogP contribution >= 0.6 is 0 Å². The fourth-order valence-corrected chi connectivity index (χ4v) is 1.31. The van der Waals surface area contributed by atoms with Gasteiger partial charge >= 0.3 is 0 Å². The first kappa shape index (κ1) is 7.67. The van der Waals surface area contributed by atoms with Gasteiger partial charge in [-0.1, -0.05) is 0 Å². The van der Waals surface area contributed by atoms with E-state index in [1.54, 1.807) is 18.2 Å². The van der Waals surface area contributed by atoms with Crippen LogP contribution in [0.2, 0.25) is 0 Å². The second-order valence-electron chi connectivity index (χ2n) is 2.77. The van der Waals surface area contributed by atoms with Gasteiger partial charge in [0.15, 0.2) is 11.9 Å². The van der Waals surface area contributed by atoms with Gasteiger partial charge in [0.05, 0.1) is 5.39 Å². The van der Waals surface area contributed by atoms with Crippen LogP contribution in [0.5, 0.6) is 5.75 Å². The van der Waals surface area contributed by atoms with Crippen LogP contribution in [0.15, 0.2) is 30.5 Å². The van der Waals surface area contributed by atoms with Crippen molar-refractivity contribution in [1.82, 2.24) is 0 Å². The first-order chi connectivity index (χ1) is 6.20. The second kappa shape index (κ2) is 2.52. The molecule has 1 aromatic carbocycles. The number of aromatic hydroxyl groups is 1. The van der Waals surface area contributed by atoms with Crippen LogP contribution in [0.3, 0.4) is 0 Å². The summed E-state index contributed by atoms with van der Waals surface area (Å²) in [5.74, 6) is -0.0557. The normalized spacial score (nSPS) is 10.5. The van der Waals surface area contributed by atoms with Crippen LogP contribution in [-0.2, 0) is 0 Å². The van der Waals surface area contributed by atoms with Crippen LogP contribution in [0.4, 0.5) is 5.69 Å². The summed E-state index contributed by atoms with van der Waals surface area (Å²) < 4.78 is 0.598. The Morgan fingerprint density at radius 2 is 2.08 bits per heavy atom. The van der Waals surface area contributed by atoms with Gasteiger partial charge in [-0.2, -0.15) is 4.73 Å². The zero-order chi connectivity index (χ0) is 9.42. The summed E-state index contributed by atoms with van der Waals surface area (Å²) >= 11 is 0. The van der Waals surface area contributed by atoms with Crippen molar-refractivity contribution in [2.45, 2.75) is 0 Å². The lowest BCUT2D eigenvalue weighted by Gasteiger charge is -2.04. The minimum atomic E-state index is -0.0557. The monoisotopic (exact) mass is 176 g/mol. The molecule has 13 heavy (non-hydrogen) atoms. The summed E-state index contributed by atoms with van der Waals surface area (Å²) in [6, 6.07) is 6.26. The van der Waals surface area contributed by atoms with E-state index in [0.717, 1.165) is 0 Å². The Morgan fingerprint density at radius 3 is 2.77 bits per heavy atom. The smallest absolute Gasteiger partial charge is 0.267 e. The van der Waals surface area contributed by atoms with Crippen molar-refractivity contribution in [3.8, 4) is 5.75 Å². The van der Waals surface area contributed by atoms with Gasteiger partial charge in [0.1, 0.15) is 0 Å². The SMILES string of the molecule is Nc1ccc(O)c2c1ccc[n+]2[O-]. The molecule has 0 aliphatic rings. The van der Waals surface area contributed by atoms with E-state index in [4.69, 9.17) is 5.73 Å². The van der Waals surface area contributed by atoms with E-state index in [2.05, 4.69) is 0 Å². The fraction of sp³-hybridized carbons (Fsp3) is 0. The summed E-state index contributed by atoms with van der Waals surface area (Å²) in [5, 5.41) is 21.2. The number of rotatable bonds is 0. The van der Waals surface area contributed by atoms with Gasteiger partial charge in [0.2, 0.25) is 0 Å². The summed E-state index contributed by atoms with van der Waals surface area (Å²) in [6.45, 7) is 0. The highest BCUT2D eigenvalue weighted by molar-refractivity contribution is 5.91. The highest BCUT2D eigenvalue weighted by atomic mass is 16.5. The van der Waals surface area contributed by atoms with Crippen molar-refractivity contribution in [1.29, 1.82) is 0 Å². The van der Waals surface area contributed by atoms with Crippen molar-refractivity contribution in [2.24, 2.45) is 0 Å². The lowest BCUT2D eigenvalue weighted by Crippen LogP contribution is -2.26. The molecule has 0 amide bonds. The van der Waals surface area contributed by atoms with Crippen molar-refractivity contribution >= 4 is 16.6 Å². The van der Waals surface area contributed by atoms with Crippen LogP contribution in [0.25, 0.3) is 10.9 Å². The summed E-state index contributed by atoms with van der Waals surface area (Å²) in [7, 11) is 0. The maximum atomic E-state index is 11.3. The van der Waals surface area contributed by atoms with E-state index >= 15 is 0 Å². The van der Waals surface area contributed by atoms with E-state index in [9.17, 15) is 10.3 Å². The Hall–Kier alpha value is -1.97. The van der Waals surface area contributed by atoms with Crippen LogP contribution in [0.1, 0.15) is 0 Å². The Kier molecular flexibility index (Phi) is 1.48. The zero-order valence-corrected chi connectivity index (χ0v) is 6.77. The molecule has 1 heterocycles. The number of pyridine rings is 1. The first-order valence-electron chi connectivity index (χ1n) is 3.79. The quantitative estimate of drug-likeness (QED) is 0.269. The van der Waals surface area contributed by atoms with Crippen LogP contribution in [0, 0.1) is 5.21 Å². The van der Waals surface area contributed by atoms with E-state index in [1.807, 2.05) is 0 Å². The molecular formula is C9H8N2O2. The van der Waals surface area contributed by atoms with Gasteiger partial charge in [0.25, 0.3) is 5.52 Å². The number of hydrogen-bond acceptors (Lipinski definition) is 3. The highest BCUT2D eigenvalue weighted by Crippen LogP contribution is 2.25. The first-order valence-corrected chi connectivity index (χ1v) is 3.79. The Labute approximate surface area is 74.4 Å². The number of nitrogens with zero attached hydrogens (tertiary/aromatic N) is 1. The van der Waals surface area contributed by atoms with E-state index in [1.165, 1.54) is 12.3 Å². The maximum absolute atomic E-state index is 11.3. The molecule has 0 fully saturated rings. The molecule has 3 N–H and O–H groups in total. The van der Waals surface area contributed by atoms with Gasteiger partial charge in [-0.3, -0.25) is 0 Å². The number of phenols is 1. The van der Waals surface area contributed by atoms with Gasteiger partial charge < -0.3 is 16.0 Å². The van der Waals surface area contributed by atoms with Crippen LogP contribution < -0.4 is 10.5 Å². The van der Waals surface area contributed by atoms with Crippen molar-refractivity contribution in [2.75, 3.05) is 5.73 Å². The minimum absolute atomic E-state index is 0.0557. The highest BCUT2D eigenvalue weighted by Gasteiger charge is 2.10. The lowest BCUT2D eigenvalue weighted by atomic mass is 10.2. The van der Waals surface area contributed by atoms with E-state index in [-0.39, 0.29) is 11.3 Å². The molecule has 0 saturated carbocycles. The molecule has 0 spiro atoms. The Morgan fingerprint density at radius 1 is 1.31 bits per heavy atom. The van der Waals surface area contributed by atoms with Gasteiger partial charge in [-0.05, 0) is 18.2 Å². The number of phenolic OH excluding ortho intramolecular Hbond substituents is 1. The molecule has 0 aliphatic heterocycles. The zero-order valence-electron chi connectivity index (χ0n) is 6.77. The molecule has 2 aromatic rings. The second-order valence-corrected chi connectivity index (χ2v) is 2.77. The average molecular weight is 176 g/mol. The van der Waals surface area contributed by atoms with Crippen molar-refractivity contribution in [3.05, 3.63) is 35.7 Å². The lowest BCUT2D eigenvalue weighted by molar-refractivity contribution is -0.577. The number of nitrogen functional groups attached to an aromatic ring is 1. The molecule has 4 nitrogen and oxygen atoms in total. The topological polar surface area (TPSA) is 73.2 Å². The largest absolute Gasteiger partial charge is 0.618 e. The summed E-state index contributed by atoms with van der Waals surface area (Å²) in [4.78, 5) is 0. The molecule has 0 atom stereocenters. The number of aromatic nitrogens is 1. The molecule has 66 valence electrons. The molecule has 0 bridgehead atoms. The summed E-state index contributed by atoms with van der Waals surface area (Å²) in [6.07, 6.45) is 1.32. The molecule has 0 unspecified atom stereocenters. The number of benzene rings is 1. The molecule has 4 heteroatoms. The van der Waals surface area contributed by atoms with Crippen LogP contribution in [-0.4, -0.2) is 5.11 Å². The molecular weight excluding hydrogens is 168 g/mol. The average Bonchev–Trinajstić information content (AvgIpc) is 2.12. The van der Waals surface area contributed by atoms with Crippen molar-refractivity contribution < 1.29 is 9.84 Å². The molecule has 1 aromatic heterocycles. The van der Waals surface area contributed by atoms with Gasteiger partial charge in [0, 0.05) is 11.8 Å². The fourth-order valence-electron chi connectivity index (χ4n) is 1.31. The Bertz CT molecular complexity index is 460. The minimum Gasteiger partial charge on any atom is -0.618 e. The molecule has 0 aliphatic carbocycles. The predicted octanol–water partition coefficient (Wildman–Crippen LogP) is 0.761.